The summed E-state index contributed by atoms with van der Waals surface area (Å²) in [6, 6.07) is 3.92. The van der Waals surface area contributed by atoms with Crippen molar-refractivity contribution in [2.45, 2.75) is 0 Å². The summed E-state index contributed by atoms with van der Waals surface area (Å²) in [6.07, 6.45) is 3.58. The monoisotopic (exact) mass is 191 g/mol. The highest BCUT2D eigenvalue weighted by Gasteiger charge is 2.02. The van der Waals surface area contributed by atoms with Crippen molar-refractivity contribution in [3.63, 3.8) is 0 Å². The van der Waals surface area contributed by atoms with E-state index in [2.05, 4.69) is 15.3 Å². The van der Waals surface area contributed by atoms with E-state index in [0.717, 1.165) is 16.4 Å². The summed E-state index contributed by atoms with van der Waals surface area (Å²) in [5, 5.41) is 5.98. The van der Waals surface area contributed by atoms with Crippen LogP contribution < -0.4 is 5.32 Å². The molecule has 0 aliphatic rings. The molecular weight excluding hydrogens is 182 g/mol. The van der Waals surface area contributed by atoms with Crippen LogP contribution in [0.1, 0.15) is 0 Å². The highest BCUT2D eigenvalue weighted by molar-refractivity contribution is 7.13. The third-order valence-corrected chi connectivity index (χ3v) is 2.56. The summed E-state index contributed by atoms with van der Waals surface area (Å²) < 4.78 is 0. The average molecular weight is 191 g/mol. The number of rotatable bonds is 2. The molecule has 4 heteroatoms. The molecule has 0 spiro atoms. The molecule has 3 nitrogen and oxygen atoms in total. The minimum Gasteiger partial charge on any atom is -0.372 e. The zero-order valence-electron chi connectivity index (χ0n) is 7.19. The highest BCUT2D eigenvalue weighted by Crippen LogP contribution is 2.24. The Kier molecular flexibility index (Phi) is 2.23. The number of nitrogens with zero attached hydrogens (tertiary/aromatic N) is 2. The fourth-order valence-corrected chi connectivity index (χ4v) is 1.81. The Morgan fingerprint density at radius 1 is 1.46 bits per heavy atom. The number of pyridine rings is 1. The maximum absolute atomic E-state index is 4.37. The van der Waals surface area contributed by atoms with Crippen molar-refractivity contribution < 1.29 is 0 Å². The lowest BCUT2D eigenvalue weighted by molar-refractivity contribution is 1.30. The van der Waals surface area contributed by atoms with E-state index in [1.165, 1.54) is 0 Å². The molecule has 2 aromatic heterocycles. The number of nitrogens with one attached hydrogen (secondary N) is 1. The van der Waals surface area contributed by atoms with Crippen LogP contribution in [0.3, 0.4) is 0 Å². The quantitative estimate of drug-likeness (QED) is 0.791. The second kappa shape index (κ2) is 3.53. The second-order valence-corrected chi connectivity index (χ2v) is 3.39. The molecule has 0 aliphatic carbocycles. The van der Waals surface area contributed by atoms with E-state index in [4.69, 9.17) is 0 Å². The maximum Gasteiger partial charge on any atom is 0.137 e. The van der Waals surface area contributed by atoms with Gasteiger partial charge in [-0.1, -0.05) is 0 Å². The van der Waals surface area contributed by atoms with Crippen LogP contribution in [0.25, 0.3) is 10.6 Å². The molecular formula is C9H9N3S. The number of thiazole rings is 1. The number of aromatic nitrogens is 2. The van der Waals surface area contributed by atoms with Crippen molar-refractivity contribution >= 4 is 17.2 Å². The number of hydrogen-bond acceptors (Lipinski definition) is 4. The molecule has 0 saturated heterocycles. The molecule has 0 aromatic carbocycles. The second-order valence-electron chi connectivity index (χ2n) is 2.53. The Labute approximate surface area is 80.5 Å². The first-order valence-corrected chi connectivity index (χ1v) is 4.82. The van der Waals surface area contributed by atoms with Gasteiger partial charge >= 0.3 is 0 Å². The molecule has 2 rings (SSSR count). The minimum absolute atomic E-state index is 0.906. The van der Waals surface area contributed by atoms with Crippen LogP contribution in [0.15, 0.2) is 29.9 Å². The van der Waals surface area contributed by atoms with Crippen molar-refractivity contribution in [3.05, 3.63) is 29.9 Å². The molecule has 0 fully saturated rings. The van der Waals surface area contributed by atoms with Gasteiger partial charge in [-0.15, -0.1) is 11.3 Å². The van der Waals surface area contributed by atoms with E-state index >= 15 is 0 Å². The third-order valence-electron chi connectivity index (χ3n) is 1.67. The molecule has 0 atom stereocenters. The summed E-state index contributed by atoms with van der Waals surface area (Å²) in [7, 11) is 1.86. The van der Waals surface area contributed by atoms with E-state index in [0.29, 0.717) is 0 Å². The summed E-state index contributed by atoms with van der Waals surface area (Å²) in [5.74, 6) is 0.906. The molecule has 0 unspecified atom stereocenters. The van der Waals surface area contributed by atoms with Crippen LogP contribution in [0.2, 0.25) is 0 Å². The van der Waals surface area contributed by atoms with Crippen LogP contribution in [0, 0.1) is 0 Å². The summed E-state index contributed by atoms with van der Waals surface area (Å²) in [5.41, 5.74) is 1.06. The van der Waals surface area contributed by atoms with E-state index in [1.807, 2.05) is 30.8 Å². The van der Waals surface area contributed by atoms with Crippen LogP contribution in [0.4, 0.5) is 5.82 Å². The largest absolute Gasteiger partial charge is 0.372 e. The van der Waals surface area contributed by atoms with Gasteiger partial charge in [0.25, 0.3) is 0 Å². The van der Waals surface area contributed by atoms with Crippen LogP contribution in [0.5, 0.6) is 0 Å². The van der Waals surface area contributed by atoms with E-state index in [9.17, 15) is 0 Å². The SMILES string of the molecule is CNc1csc(-c2cccnc2)n1. The molecule has 0 bridgehead atoms. The van der Waals surface area contributed by atoms with Crippen molar-refractivity contribution in [3.8, 4) is 10.6 Å². The van der Waals surface area contributed by atoms with E-state index in [-0.39, 0.29) is 0 Å². The normalized spacial score (nSPS) is 9.92. The van der Waals surface area contributed by atoms with Crippen molar-refractivity contribution in [2.24, 2.45) is 0 Å². The average Bonchev–Trinajstić information content (AvgIpc) is 2.67. The molecule has 2 aromatic rings. The molecule has 13 heavy (non-hydrogen) atoms. The van der Waals surface area contributed by atoms with Gasteiger partial charge in [0.2, 0.25) is 0 Å². The topological polar surface area (TPSA) is 37.8 Å². The molecule has 0 amide bonds. The Balaban J connectivity index is 2.36. The van der Waals surface area contributed by atoms with Crippen molar-refractivity contribution in [1.29, 1.82) is 0 Å². The Morgan fingerprint density at radius 2 is 2.38 bits per heavy atom. The first kappa shape index (κ1) is 8.19. The lowest BCUT2D eigenvalue weighted by atomic mass is 10.3. The van der Waals surface area contributed by atoms with Gasteiger partial charge < -0.3 is 5.32 Å². The Bertz CT molecular complexity index is 383. The highest BCUT2D eigenvalue weighted by atomic mass is 32.1. The van der Waals surface area contributed by atoms with Gasteiger partial charge in [0.05, 0.1) is 0 Å². The molecule has 0 radical (unpaired) electrons. The predicted octanol–water partition coefficient (Wildman–Crippen LogP) is 2.25. The maximum atomic E-state index is 4.37. The minimum atomic E-state index is 0.906. The smallest absolute Gasteiger partial charge is 0.137 e. The van der Waals surface area contributed by atoms with Crippen LogP contribution in [-0.4, -0.2) is 17.0 Å². The predicted molar refractivity (Wildman–Crippen MR) is 54.9 cm³/mol. The number of hydrogen-bond donors (Lipinski definition) is 1. The first-order valence-electron chi connectivity index (χ1n) is 3.94. The van der Waals surface area contributed by atoms with Gasteiger partial charge in [0.15, 0.2) is 0 Å². The lowest BCUT2D eigenvalue weighted by Gasteiger charge is -1.93. The summed E-state index contributed by atoms with van der Waals surface area (Å²) in [4.78, 5) is 8.41. The van der Waals surface area contributed by atoms with E-state index in [1.54, 1.807) is 17.5 Å². The van der Waals surface area contributed by atoms with Gasteiger partial charge in [0, 0.05) is 30.4 Å². The van der Waals surface area contributed by atoms with Gasteiger partial charge in [-0.3, -0.25) is 4.98 Å². The molecule has 2 heterocycles. The first-order chi connectivity index (χ1) is 6.40. The van der Waals surface area contributed by atoms with Gasteiger partial charge in [-0.05, 0) is 12.1 Å². The third kappa shape index (κ3) is 1.67. The van der Waals surface area contributed by atoms with Gasteiger partial charge in [-0.25, -0.2) is 4.98 Å². The zero-order valence-corrected chi connectivity index (χ0v) is 8.01. The summed E-state index contributed by atoms with van der Waals surface area (Å²) >= 11 is 1.61. The zero-order chi connectivity index (χ0) is 9.10. The van der Waals surface area contributed by atoms with Crippen molar-refractivity contribution in [1.82, 2.24) is 9.97 Å². The number of anilines is 1. The Hall–Kier alpha value is -1.42. The molecule has 1 N–H and O–H groups in total. The fourth-order valence-electron chi connectivity index (χ4n) is 1.01. The molecule has 0 saturated carbocycles. The van der Waals surface area contributed by atoms with E-state index < -0.39 is 0 Å². The lowest BCUT2D eigenvalue weighted by Crippen LogP contribution is -1.86. The standard InChI is InChI=1S/C9H9N3S/c1-10-8-6-13-9(12-8)7-3-2-4-11-5-7/h2-6,10H,1H3. The van der Waals surface area contributed by atoms with Crippen LogP contribution >= 0.6 is 11.3 Å². The fraction of sp³-hybridized carbons (Fsp3) is 0.111. The van der Waals surface area contributed by atoms with Crippen LogP contribution in [-0.2, 0) is 0 Å². The summed E-state index contributed by atoms with van der Waals surface area (Å²) in [6.45, 7) is 0. The Morgan fingerprint density at radius 3 is 3.00 bits per heavy atom. The molecule has 66 valence electrons. The van der Waals surface area contributed by atoms with Crippen molar-refractivity contribution in [2.75, 3.05) is 12.4 Å². The molecule has 0 aliphatic heterocycles. The van der Waals surface area contributed by atoms with Gasteiger partial charge in [0.1, 0.15) is 10.8 Å². The van der Waals surface area contributed by atoms with Gasteiger partial charge in [-0.2, -0.15) is 0 Å².